The Balaban J connectivity index is 1.44. The molecule has 142 valence electrons. The molecule has 2 bridgehead atoms. The number of carbonyl (C=O) groups is 1. The fourth-order valence-corrected chi connectivity index (χ4v) is 7.68. The molecule has 4 aliphatic carbocycles. The first-order chi connectivity index (χ1) is 11.9. The fraction of sp³-hybridized carbons (Fsp3) is 0.957. The minimum Gasteiger partial charge on any atom is -0.459 e. The van der Waals surface area contributed by atoms with Crippen LogP contribution in [0.3, 0.4) is 0 Å². The largest absolute Gasteiger partial charge is 0.459 e. The average Bonchev–Trinajstić information content (AvgIpc) is 3.26. The van der Waals surface area contributed by atoms with Gasteiger partial charge in [0, 0.05) is 0 Å². The smallest absolute Gasteiger partial charge is 0.309 e. The summed E-state index contributed by atoms with van der Waals surface area (Å²) in [5.41, 5.74) is -0.272. The average molecular weight is 347 g/mol. The Morgan fingerprint density at radius 2 is 1.76 bits per heavy atom. The summed E-state index contributed by atoms with van der Waals surface area (Å²) in [5, 5.41) is 0. The molecule has 7 unspecified atom stereocenters. The third-order valence-corrected chi connectivity index (χ3v) is 8.79. The van der Waals surface area contributed by atoms with Crippen molar-refractivity contribution in [3.63, 3.8) is 0 Å². The molecule has 0 aromatic rings. The molecular weight excluding hydrogens is 308 g/mol. The lowest BCUT2D eigenvalue weighted by molar-refractivity contribution is -0.171. The molecule has 2 nitrogen and oxygen atoms in total. The van der Waals surface area contributed by atoms with Crippen LogP contribution in [0.5, 0.6) is 0 Å². The SMILES string of the molecule is CCC1CC(C)C2C3CC(C(=O)OC(C)(C)C4CCCCC4)C(C3)C12. The van der Waals surface area contributed by atoms with E-state index in [1.54, 1.807) is 0 Å². The Labute approximate surface area is 154 Å². The molecule has 0 saturated heterocycles. The van der Waals surface area contributed by atoms with Gasteiger partial charge >= 0.3 is 5.97 Å². The van der Waals surface area contributed by atoms with Gasteiger partial charge in [0.15, 0.2) is 0 Å². The molecule has 4 rings (SSSR count). The molecule has 0 radical (unpaired) electrons. The van der Waals surface area contributed by atoms with E-state index in [2.05, 4.69) is 27.7 Å². The van der Waals surface area contributed by atoms with E-state index in [0.717, 1.165) is 36.0 Å². The monoisotopic (exact) mass is 346 g/mol. The molecule has 2 heteroatoms. The highest BCUT2D eigenvalue weighted by molar-refractivity contribution is 5.74. The van der Waals surface area contributed by atoms with Gasteiger partial charge in [-0.2, -0.15) is 0 Å². The summed E-state index contributed by atoms with van der Waals surface area (Å²) < 4.78 is 6.22. The van der Waals surface area contributed by atoms with Crippen molar-refractivity contribution in [1.29, 1.82) is 0 Å². The van der Waals surface area contributed by atoms with Crippen LogP contribution >= 0.6 is 0 Å². The van der Waals surface area contributed by atoms with Crippen molar-refractivity contribution in [1.82, 2.24) is 0 Å². The standard InChI is InChI=1S/C23H38O2/c1-5-15-11-14(2)20-16-12-18(21(15)20)19(13-16)22(24)25-23(3,4)17-9-7-6-8-10-17/h14-21H,5-13H2,1-4H3. The van der Waals surface area contributed by atoms with Crippen molar-refractivity contribution in [3.8, 4) is 0 Å². The topological polar surface area (TPSA) is 26.3 Å². The first-order valence-corrected chi connectivity index (χ1v) is 11.1. The normalized spacial score (nSPS) is 44.1. The minimum atomic E-state index is -0.272. The van der Waals surface area contributed by atoms with Gasteiger partial charge in [-0.25, -0.2) is 0 Å². The van der Waals surface area contributed by atoms with Crippen LogP contribution in [-0.2, 0) is 9.53 Å². The molecule has 0 heterocycles. The zero-order valence-electron chi connectivity index (χ0n) is 16.8. The van der Waals surface area contributed by atoms with Crippen LogP contribution < -0.4 is 0 Å². The molecule has 0 aromatic carbocycles. The van der Waals surface area contributed by atoms with Crippen molar-refractivity contribution in [2.75, 3.05) is 0 Å². The van der Waals surface area contributed by atoms with E-state index in [9.17, 15) is 4.79 Å². The van der Waals surface area contributed by atoms with Crippen LogP contribution in [0.25, 0.3) is 0 Å². The highest BCUT2D eigenvalue weighted by atomic mass is 16.6. The maximum absolute atomic E-state index is 13.1. The molecular formula is C23H38O2. The van der Waals surface area contributed by atoms with Crippen LogP contribution in [0.1, 0.15) is 85.5 Å². The summed E-state index contributed by atoms with van der Waals surface area (Å²) in [6.45, 7) is 9.16. The fourth-order valence-electron chi connectivity index (χ4n) is 7.68. The number of esters is 1. The maximum Gasteiger partial charge on any atom is 0.309 e. The van der Waals surface area contributed by atoms with Crippen molar-refractivity contribution in [2.24, 2.45) is 47.3 Å². The highest BCUT2D eigenvalue weighted by Crippen LogP contribution is 2.65. The van der Waals surface area contributed by atoms with E-state index in [1.165, 1.54) is 51.4 Å². The number of hydrogen-bond donors (Lipinski definition) is 0. The quantitative estimate of drug-likeness (QED) is 0.597. The second-order valence-electron chi connectivity index (χ2n) is 10.4. The number of fused-ring (bicyclic) bond motifs is 5. The van der Waals surface area contributed by atoms with Gasteiger partial charge in [0.2, 0.25) is 0 Å². The summed E-state index contributed by atoms with van der Waals surface area (Å²) in [4.78, 5) is 13.1. The van der Waals surface area contributed by atoms with E-state index >= 15 is 0 Å². The Kier molecular flexibility index (Phi) is 4.69. The predicted molar refractivity (Wildman–Crippen MR) is 101 cm³/mol. The van der Waals surface area contributed by atoms with Crippen LogP contribution in [0, 0.1) is 47.3 Å². The van der Waals surface area contributed by atoms with Gasteiger partial charge in [0.05, 0.1) is 5.92 Å². The van der Waals surface area contributed by atoms with Gasteiger partial charge < -0.3 is 4.74 Å². The van der Waals surface area contributed by atoms with E-state index in [-0.39, 0.29) is 17.5 Å². The zero-order chi connectivity index (χ0) is 17.8. The molecule has 0 aliphatic heterocycles. The Hall–Kier alpha value is -0.530. The van der Waals surface area contributed by atoms with Crippen molar-refractivity contribution >= 4 is 5.97 Å². The molecule has 4 saturated carbocycles. The number of carbonyl (C=O) groups excluding carboxylic acids is 1. The lowest BCUT2D eigenvalue weighted by Crippen LogP contribution is -2.42. The van der Waals surface area contributed by atoms with Crippen molar-refractivity contribution in [3.05, 3.63) is 0 Å². The highest BCUT2D eigenvalue weighted by Gasteiger charge is 2.61. The first kappa shape index (κ1) is 17.9. The zero-order valence-corrected chi connectivity index (χ0v) is 16.8. The van der Waals surface area contributed by atoms with E-state index < -0.39 is 0 Å². The third kappa shape index (κ3) is 2.96. The number of ether oxygens (including phenoxy) is 1. The van der Waals surface area contributed by atoms with Gasteiger partial charge in [0.1, 0.15) is 5.60 Å². The maximum atomic E-state index is 13.1. The van der Waals surface area contributed by atoms with Gasteiger partial charge in [-0.15, -0.1) is 0 Å². The molecule has 4 fully saturated rings. The molecule has 7 atom stereocenters. The Morgan fingerprint density at radius 3 is 2.44 bits per heavy atom. The Morgan fingerprint density at radius 1 is 1.04 bits per heavy atom. The number of hydrogen-bond acceptors (Lipinski definition) is 2. The van der Waals surface area contributed by atoms with Crippen molar-refractivity contribution < 1.29 is 9.53 Å². The second kappa shape index (κ2) is 6.57. The molecule has 0 N–H and O–H groups in total. The lowest BCUT2D eigenvalue weighted by Gasteiger charge is -2.39. The van der Waals surface area contributed by atoms with Gasteiger partial charge in [-0.05, 0) is 87.4 Å². The van der Waals surface area contributed by atoms with Crippen LogP contribution in [0.15, 0.2) is 0 Å². The molecule has 0 spiro atoms. The third-order valence-electron chi connectivity index (χ3n) is 8.79. The van der Waals surface area contributed by atoms with Gasteiger partial charge in [-0.1, -0.05) is 39.5 Å². The molecule has 0 amide bonds. The van der Waals surface area contributed by atoms with Crippen molar-refractivity contribution in [2.45, 2.75) is 91.1 Å². The van der Waals surface area contributed by atoms with Crippen LogP contribution in [-0.4, -0.2) is 11.6 Å². The van der Waals surface area contributed by atoms with Gasteiger partial charge in [0.25, 0.3) is 0 Å². The van der Waals surface area contributed by atoms with E-state index in [1.807, 2.05) is 0 Å². The van der Waals surface area contributed by atoms with Crippen LogP contribution in [0.4, 0.5) is 0 Å². The summed E-state index contributed by atoms with van der Waals surface area (Å²) in [6, 6.07) is 0. The van der Waals surface area contributed by atoms with E-state index in [0.29, 0.717) is 11.8 Å². The second-order valence-corrected chi connectivity index (χ2v) is 10.4. The number of rotatable bonds is 4. The van der Waals surface area contributed by atoms with Gasteiger partial charge in [-0.3, -0.25) is 4.79 Å². The van der Waals surface area contributed by atoms with E-state index in [4.69, 9.17) is 4.74 Å². The predicted octanol–water partition coefficient (Wildman–Crippen LogP) is 5.84. The van der Waals surface area contributed by atoms with Crippen LogP contribution in [0.2, 0.25) is 0 Å². The molecule has 4 aliphatic rings. The Bertz CT molecular complexity index is 504. The lowest BCUT2D eigenvalue weighted by atomic mass is 9.71. The molecule has 25 heavy (non-hydrogen) atoms. The molecule has 0 aromatic heterocycles. The first-order valence-electron chi connectivity index (χ1n) is 11.1. The summed E-state index contributed by atoms with van der Waals surface area (Å²) in [7, 11) is 0. The minimum absolute atomic E-state index is 0.149. The summed E-state index contributed by atoms with van der Waals surface area (Å²) in [6.07, 6.45) is 11.5. The summed E-state index contributed by atoms with van der Waals surface area (Å²) >= 11 is 0. The summed E-state index contributed by atoms with van der Waals surface area (Å²) in [5.74, 6) is 5.80.